The number of anilines is 1. The van der Waals surface area contributed by atoms with Crippen LogP contribution in [0.1, 0.15) is 11.3 Å². The second kappa shape index (κ2) is 6.26. The normalized spacial score (nSPS) is 11.2. The molecule has 25 heavy (non-hydrogen) atoms. The fraction of sp³-hybridized carbons (Fsp3) is 0.158. The summed E-state index contributed by atoms with van der Waals surface area (Å²) >= 11 is 6.38. The summed E-state index contributed by atoms with van der Waals surface area (Å²) in [4.78, 5) is 4.71. The summed E-state index contributed by atoms with van der Waals surface area (Å²) in [6.45, 7) is 2.52. The minimum atomic E-state index is 0.579. The zero-order valence-corrected chi connectivity index (χ0v) is 14.7. The lowest BCUT2D eigenvalue weighted by Crippen LogP contribution is -2.05. The fourth-order valence-electron chi connectivity index (χ4n) is 2.89. The zero-order chi connectivity index (χ0) is 17.4. The molecule has 0 spiro atoms. The molecule has 0 aliphatic heterocycles. The third kappa shape index (κ3) is 2.76. The van der Waals surface area contributed by atoms with Gasteiger partial charge in [-0.05, 0) is 36.8 Å². The molecule has 4 aromatic rings. The van der Waals surface area contributed by atoms with Crippen LogP contribution in [-0.4, -0.2) is 21.7 Å². The van der Waals surface area contributed by atoms with Crippen LogP contribution < -0.4 is 10.1 Å². The molecular weight excluding hydrogens is 336 g/mol. The maximum absolute atomic E-state index is 6.38. The van der Waals surface area contributed by atoms with E-state index in [2.05, 4.69) is 10.4 Å². The first-order valence-electron chi connectivity index (χ1n) is 7.98. The molecule has 2 aromatic carbocycles. The highest BCUT2D eigenvalue weighted by Crippen LogP contribution is 2.28. The van der Waals surface area contributed by atoms with E-state index in [4.69, 9.17) is 21.3 Å². The highest BCUT2D eigenvalue weighted by atomic mass is 35.5. The lowest BCUT2D eigenvalue weighted by Gasteiger charge is -2.11. The second-order valence-electron chi connectivity index (χ2n) is 5.82. The molecule has 0 saturated heterocycles. The molecule has 0 radical (unpaired) electrons. The smallest absolute Gasteiger partial charge is 0.176 e. The van der Waals surface area contributed by atoms with Crippen molar-refractivity contribution in [2.24, 2.45) is 0 Å². The lowest BCUT2D eigenvalue weighted by molar-refractivity contribution is 0.414. The topological polar surface area (TPSA) is 51.5 Å². The molecule has 0 aliphatic carbocycles. The molecule has 5 nitrogen and oxygen atoms in total. The van der Waals surface area contributed by atoms with E-state index in [9.17, 15) is 0 Å². The molecule has 2 heterocycles. The van der Waals surface area contributed by atoms with Gasteiger partial charge in [0.1, 0.15) is 16.6 Å². The van der Waals surface area contributed by atoms with E-state index in [0.717, 1.165) is 33.7 Å². The monoisotopic (exact) mass is 352 g/mol. The summed E-state index contributed by atoms with van der Waals surface area (Å²) in [5.41, 5.74) is 3.51. The van der Waals surface area contributed by atoms with E-state index in [1.54, 1.807) is 11.6 Å². The van der Waals surface area contributed by atoms with Crippen LogP contribution in [0.4, 0.5) is 5.82 Å². The standard InChI is InChI=1S/C19H17ClN4O/c1-12-17(20)19-22-18(15-8-3-4-9-16(15)24(19)23-12)21-11-13-6-5-7-14(10-13)25-2/h3-10H,11H2,1-2H3,(H,21,22). The van der Waals surface area contributed by atoms with Gasteiger partial charge in [0.25, 0.3) is 0 Å². The van der Waals surface area contributed by atoms with Crippen molar-refractivity contribution in [3.63, 3.8) is 0 Å². The molecule has 1 N–H and O–H groups in total. The maximum atomic E-state index is 6.38. The summed E-state index contributed by atoms with van der Waals surface area (Å²) in [6, 6.07) is 16.0. The first kappa shape index (κ1) is 15.7. The minimum Gasteiger partial charge on any atom is -0.497 e. The van der Waals surface area contributed by atoms with Crippen LogP contribution in [0.5, 0.6) is 5.75 Å². The van der Waals surface area contributed by atoms with Crippen LogP contribution in [0.15, 0.2) is 48.5 Å². The van der Waals surface area contributed by atoms with Crippen molar-refractivity contribution < 1.29 is 4.74 Å². The molecule has 126 valence electrons. The van der Waals surface area contributed by atoms with Crippen molar-refractivity contribution >= 4 is 34.0 Å². The van der Waals surface area contributed by atoms with Crippen LogP contribution in [0, 0.1) is 6.92 Å². The van der Waals surface area contributed by atoms with Crippen molar-refractivity contribution in [2.75, 3.05) is 12.4 Å². The van der Waals surface area contributed by atoms with Crippen LogP contribution in [0.3, 0.4) is 0 Å². The molecule has 2 aromatic heterocycles. The van der Waals surface area contributed by atoms with E-state index in [1.165, 1.54) is 0 Å². The molecule has 0 bridgehead atoms. The molecule has 0 saturated carbocycles. The molecule has 0 unspecified atom stereocenters. The number of hydrogen-bond donors (Lipinski definition) is 1. The lowest BCUT2D eigenvalue weighted by atomic mass is 10.2. The first-order chi connectivity index (χ1) is 12.2. The van der Waals surface area contributed by atoms with E-state index in [0.29, 0.717) is 17.2 Å². The number of hydrogen-bond acceptors (Lipinski definition) is 4. The molecule has 4 rings (SSSR count). The predicted octanol–water partition coefficient (Wildman–Crippen LogP) is 4.47. The van der Waals surface area contributed by atoms with Gasteiger partial charge in [0, 0.05) is 11.9 Å². The quantitative estimate of drug-likeness (QED) is 0.589. The largest absolute Gasteiger partial charge is 0.497 e. The van der Waals surface area contributed by atoms with E-state index < -0.39 is 0 Å². The summed E-state index contributed by atoms with van der Waals surface area (Å²) in [7, 11) is 1.67. The summed E-state index contributed by atoms with van der Waals surface area (Å²) in [6.07, 6.45) is 0. The van der Waals surface area contributed by atoms with Gasteiger partial charge in [-0.2, -0.15) is 5.10 Å². The van der Waals surface area contributed by atoms with Crippen LogP contribution in [0.25, 0.3) is 16.6 Å². The Morgan fingerprint density at radius 2 is 2.00 bits per heavy atom. The number of benzene rings is 2. The van der Waals surface area contributed by atoms with Gasteiger partial charge in [-0.15, -0.1) is 0 Å². The Hall–Kier alpha value is -2.79. The van der Waals surface area contributed by atoms with Gasteiger partial charge in [0.15, 0.2) is 5.65 Å². The van der Waals surface area contributed by atoms with Crippen LogP contribution in [-0.2, 0) is 6.54 Å². The number of rotatable bonds is 4. The highest BCUT2D eigenvalue weighted by Gasteiger charge is 2.14. The first-order valence-corrected chi connectivity index (χ1v) is 8.35. The van der Waals surface area contributed by atoms with E-state index in [1.807, 2.05) is 55.5 Å². The van der Waals surface area contributed by atoms with Crippen LogP contribution >= 0.6 is 11.6 Å². The molecule has 0 atom stereocenters. The summed E-state index contributed by atoms with van der Waals surface area (Å²) < 4.78 is 7.08. The second-order valence-corrected chi connectivity index (χ2v) is 6.20. The minimum absolute atomic E-state index is 0.579. The number of ether oxygens (including phenoxy) is 1. The number of nitrogens with zero attached hydrogens (tertiary/aromatic N) is 3. The number of para-hydroxylation sites is 1. The Balaban J connectivity index is 1.78. The Bertz CT molecular complexity index is 1070. The van der Waals surface area contributed by atoms with Crippen molar-refractivity contribution in [3.05, 3.63) is 64.8 Å². The number of nitrogens with one attached hydrogen (secondary N) is 1. The van der Waals surface area contributed by atoms with Crippen molar-refractivity contribution in [2.45, 2.75) is 13.5 Å². The van der Waals surface area contributed by atoms with Crippen molar-refractivity contribution in [1.29, 1.82) is 0 Å². The van der Waals surface area contributed by atoms with Gasteiger partial charge in [-0.1, -0.05) is 35.9 Å². The predicted molar refractivity (Wildman–Crippen MR) is 101 cm³/mol. The van der Waals surface area contributed by atoms with Gasteiger partial charge in [-0.25, -0.2) is 9.50 Å². The molecular formula is C19H17ClN4O. The molecule has 0 amide bonds. The van der Waals surface area contributed by atoms with Gasteiger partial charge >= 0.3 is 0 Å². The maximum Gasteiger partial charge on any atom is 0.176 e. The van der Waals surface area contributed by atoms with E-state index in [-0.39, 0.29) is 0 Å². The summed E-state index contributed by atoms with van der Waals surface area (Å²) in [5, 5.41) is 9.49. The fourth-order valence-corrected chi connectivity index (χ4v) is 3.05. The third-order valence-corrected chi connectivity index (χ3v) is 4.61. The molecule has 0 fully saturated rings. The SMILES string of the molecule is COc1cccc(CNc2nc3c(Cl)c(C)nn3c3ccccc23)c1. The number of fused-ring (bicyclic) bond motifs is 3. The average molecular weight is 353 g/mol. The number of aromatic nitrogens is 3. The van der Waals surface area contributed by atoms with Crippen LogP contribution in [0.2, 0.25) is 5.02 Å². The molecule has 6 heteroatoms. The Morgan fingerprint density at radius 1 is 1.16 bits per heavy atom. The molecule has 0 aliphatic rings. The number of halogens is 1. The Kier molecular flexibility index (Phi) is 3.93. The van der Waals surface area contributed by atoms with Gasteiger partial charge in [0.05, 0.1) is 18.3 Å². The number of aryl methyl sites for hydroxylation is 1. The van der Waals surface area contributed by atoms with Crippen molar-refractivity contribution in [1.82, 2.24) is 14.6 Å². The van der Waals surface area contributed by atoms with Gasteiger partial charge in [0.2, 0.25) is 0 Å². The highest BCUT2D eigenvalue weighted by molar-refractivity contribution is 6.34. The third-order valence-electron chi connectivity index (χ3n) is 4.16. The average Bonchev–Trinajstić information content (AvgIpc) is 2.94. The van der Waals surface area contributed by atoms with Gasteiger partial charge < -0.3 is 10.1 Å². The van der Waals surface area contributed by atoms with Crippen molar-refractivity contribution in [3.8, 4) is 5.75 Å². The Morgan fingerprint density at radius 3 is 2.84 bits per heavy atom. The van der Waals surface area contributed by atoms with E-state index >= 15 is 0 Å². The Labute approximate surface area is 150 Å². The zero-order valence-electron chi connectivity index (χ0n) is 14.0. The number of methoxy groups -OCH3 is 1. The van der Waals surface area contributed by atoms with Gasteiger partial charge in [-0.3, -0.25) is 0 Å². The summed E-state index contributed by atoms with van der Waals surface area (Å²) in [5.74, 6) is 1.62.